The van der Waals surface area contributed by atoms with Gasteiger partial charge in [0.05, 0.1) is 12.1 Å². The van der Waals surface area contributed by atoms with Gasteiger partial charge in [-0.1, -0.05) is 11.3 Å². The molecule has 1 saturated carbocycles. The quantitative estimate of drug-likeness (QED) is 0.525. The highest BCUT2D eigenvalue weighted by Crippen LogP contribution is 2.36. The number of nitrogens with one attached hydrogen (secondary N) is 1. The van der Waals surface area contributed by atoms with Gasteiger partial charge in [-0.15, -0.1) is 0 Å². The van der Waals surface area contributed by atoms with E-state index in [4.69, 9.17) is 4.74 Å². The van der Waals surface area contributed by atoms with E-state index < -0.39 is 18.5 Å². The Balaban J connectivity index is 1.17. The van der Waals surface area contributed by atoms with Gasteiger partial charge in [-0.25, -0.2) is 14.4 Å². The molecule has 1 fully saturated rings. The van der Waals surface area contributed by atoms with Crippen molar-refractivity contribution < 1.29 is 27.1 Å². The lowest BCUT2D eigenvalue weighted by Gasteiger charge is -2.35. The van der Waals surface area contributed by atoms with Crippen LogP contribution in [-0.2, 0) is 31.1 Å². The highest BCUT2D eigenvalue weighted by atomic mass is 32.1. The highest BCUT2D eigenvalue weighted by molar-refractivity contribution is 7.13. The van der Waals surface area contributed by atoms with Crippen molar-refractivity contribution in [3.63, 3.8) is 0 Å². The van der Waals surface area contributed by atoms with Crippen LogP contribution in [0, 0.1) is 6.92 Å². The topological polar surface area (TPSA) is 85.2 Å². The molecule has 0 atom stereocenters. The molecule has 3 heterocycles. The standard InChI is InChI=1S/C23H32F4N6O2S/c1-15-28-19(31-32(15)2)13-20(34)29-16-3-7-22(24,8-4-16)9-12-33-10-5-17-18(6-11-33)36-21(30-17)35-14-23(25,26)27/h16H,3-14H2,1-2H3,(H,29,34). The molecule has 200 valence electrons. The van der Waals surface area contributed by atoms with Gasteiger partial charge in [-0.2, -0.15) is 18.3 Å². The summed E-state index contributed by atoms with van der Waals surface area (Å²) < 4.78 is 59.0. The molecule has 0 radical (unpaired) electrons. The SMILES string of the molecule is Cc1nc(CC(=O)NC2CCC(F)(CCN3CCc4nc(OCC(F)(F)F)sc4CC3)CC2)nn1C. The Morgan fingerprint density at radius 1 is 1.22 bits per heavy atom. The van der Waals surface area contributed by atoms with Gasteiger partial charge in [0.15, 0.2) is 12.4 Å². The predicted octanol–water partition coefficient (Wildman–Crippen LogP) is 3.32. The van der Waals surface area contributed by atoms with E-state index in [1.165, 1.54) is 11.3 Å². The van der Waals surface area contributed by atoms with Gasteiger partial charge in [-0.3, -0.25) is 9.48 Å². The van der Waals surface area contributed by atoms with Crippen LogP contribution in [0.15, 0.2) is 0 Å². The highest BCUT2D eigenvalue weighted by Gasteiger charge is 2.36. The molecule has 2 aromatic heterocycles. The van der Waals surface area contributed by atoms with Crippen molar-refractivity contribution in [3.05, 3.63) is 22.2 Å². The first kappa shape index (κ1) is 26.8. The minimum absolute atomic E-state index is 0.0415. The maximum absolute atomic E-state index is 15.5. The molecule has 2 aromatic rings. The Bertz CT molecular complexity index is 1000. The van der Waals surface area contributed by atoms with Crippen molar-refractivity contribution in [1.29, 1.82) is 0 Å². The fourth-order valence-electron chi connectivity index (χ4n) is 4.73. The summed E-state index contributed by atoms with van der Waals surface area (Å²) in [6.07, 6.45) is -0.570. The second-order valence-corrected chi connectivity index (χ2v) is 10.8. The summed E-state index contributed by atoms with van der Waals surface area (Å²) in [6, 6.07) is -0.0415. The molecule has 1 aliphatic carbocycles. The minimum Gasteiger partial charge on any atom is -0.460 e. The van der Waals surface area contributed by atoms with Crippen molar-refractivity contribution in [3.8, 4) is 5.19 Å². The average Bonchev–Trinajstić information content (AvgIpc) is 3.28. The number of aromatic nitrogens is 4. The van der Waals surface area contributed by atoms with E-state index in [-0.39, 0.29) is 23.6 Å². The van der Waals surface area contributed by atoms with E-state index in [1.807, 2.05) is 6.92 Å². The lowest BCUT2D eigenvalue weighted by atomic mass is 9.81. The molecule has 0 saturated heterocycles. The number of thiazole rings is 1. The van der Waals surface area contributed by atoms with E-state index in [2.05, 4.69) is 25.3 Å². The summed E-state index contributed by atoms with van der Waals surface area (Å²) in [5.41, 5.74) is -0.476. The number of nitrogens with zero attached hydrogens (tertiary/aromatic N) is 5. The van der Waals surface area contributed by atoms with E-state index in [9.17, 15) is 18.0 Å². The number of rotatable bonds is 8. The number of aryl methyl sites for hydroxylation is 2. The first-order valence-electron chi connectivity index (χ1n) is 12.2. The smallest absolute Gasteiger partial charge is 0.422 e. The first-order chi connectivity index (χ1) is 17.0. The third-order valence-corrected chi connectivity index (χ3v) is 7.97. The van der Waals surface area contributed by atoms with Crippen LogP contribution >= 0.6 is 11.3 Å². The van der Waals surface area contributed by atoms with Gasteiger partial charge in [-0.05, 0) is 45.4 Å². The molecule has 36 heavy (non-hydrogen) atoms. The summed E-state index contributed by atoms with van der Waals surface area (Å²) in [4.78, 5) is 24.0. The molecule has 1 amide bonds. The van der Waals surface area contributed by atoms with Gasteiger partial charge in [0.1, 0.15) is 11.5 Å². The third kappa shape index (κ3) is 7.37. The van der Waals surface area contributed by atoms with E-state index in [1.54, 1.807) is 11.7 Å². The molecule has 0 bridgehead atoms. The minimum atomic E-state index is -4.39. The zero-order valence-corrected chi connectivity index (χ0v) is 21.4. The van der Waals surface area contributed by atoms with Gasteiger partial charge >= 0.3 is 6.18 Å². The Hall–Kier alpha value is -2.28. The van der Waals surface area contributed by atoms with Gasteiger partial charge in [0.2, 0.25) is 5.91 Å². The number of amides is 1. The molecule has 0 aromatic carbocycles. The number of alkyl halides is 4. The van der Waals surface area contributed by atoms with Crippen LogP contribution in [0.3, 0.4) is 0 Å². The zero-order valence-electron chi connectivity index (χ0n) is 20.5. The third-order valence-electron chi connectivity index (χ3n) is 6.90. The fraction of sp³-hybridized carbons (Fsp3) is 0.739. The summed E-state index contributed by atoms with van der Waals surface area (Å²) in [5.74, 6) is 1.08. The molecule has 8 nitrogen and oxygen atoms in total. The van der Waals surface area contributed by atoms with Crippen molar-refractivity contribution in [2.45, 2.75) is 76.2 Å². The summed E-state index contributed by atoms with van der Waals surface area (Å²) in [6.45, 7) is 2.50. The molecular weight excluding hydrogens is 500 g/mol. The number of carbonyl (C=O) groups excluding carboxylic acids is 1. The molecule has 13 heteroatoms. The Morgan fingerprint density at radius 2 is 1.94 bits per heavy atom. The van der Waals surface area contributed by atoms with E-state index in [0.717, 1.165) is 16.4 Å². The molecule has 0 unspecified atom stereocenters. The Labute approximate surface area is 211 Å². The van der Waals surface area contributed by atoms with Crippen LogP contribution < -0.4 is 10.1 Å². The maximum Gasteiger partial charge on any atom is 0.422 e. The molecular formula is C23H32F4N6O2S. The summed E-state index contributed by atoms with van der Waals surface area (Å²) in [7, 11) is 1.78. The second-order valence-electron chi connectivity index (χ2n) is 9.71. The van der Waals surface area contributed by atoms with Crippen LogP contribution in [0.2, 0.25) is 0 Å². The predicted molar refractivity (Wildman–Crippen MR) is 126 cm³/mol. The van der Waals surface area contributed by atoms with Crippen LogP contribution in [0.1, 0.15) is 54.3 Å². The van der Waals surface area contributed by atoms with Crippen molar-refractivity contribution in [2.24, 2.45) is 7.05 Å². The fourth-order valence-corrected chi connectivity index (χ4v) is 5.67. The monoisotopic (exact) mass is 532 g/mol. The normalized spacial score (nSPS) is 23.2. The number of ether oxygens (including phenoxy) is 1. The van der Waals surface area contributed by atoms with Crippen LogP contribution in [0.5, 0.6) is 5.19 Å². The molecule has 2 aliphatic rings. The zero-order chi connectivity index (χ0) is 25.9. The van der Waals surface area contributed by atoms with Crippen LogP contribution in [-0.4, -0.2) is 74.7 Å². The number of hydrogen-bond acceptors (Lipinski definition) is 7. The van der Waals surface area contributed by atoms with Crippen molar-refractivity contribution in [1.82, 2.24) is 30.0 Å². The number of fused-ring (bicyclic) bond motifs is 1. The van der Waals surface area contributed by atoms with Crippen molar-refractivity contribution >= 4 is 17.2 Å². The molecule has 1 aliphatic heterocycles. The molecule has 1 N–H and O–H groups in total. The van der Waals surface area contributed by atoms with Gasteiger partial charge < -0.3 is 15.0 Å². The Kier molecular flexibility index (Phi) is 8.18. The summed E-state index contributed by atoms with van der Waals surface area (Å²) in [5, 5.41) is 7.25. The molecule has 4 rings (SSSR count). The lowest BCUT2D eigenvalue weighted by Crippen LogP contribution is -2.43. The first-order valence-corrected chi connectivity index (χ1v) is 13.0. The maximum atomic E-state index is 15.5. The van der Waals surface area contributed by atoms with Crippen molar-refractivity contribution in [2.75, 3.05) is 26.2 Å². The largest absolute Gasteiger partial charge is 0.460 e. The Morgan fingerprint density at radius 3 is 2.61 bits per heavy atom. The number of halogens is 4. The number of carbonyl (C=O) groups is 1. The van der Waals surface area contributed by atoms with Crippen LogP contribution in [0.4, 0.5) is 17.6 Å². The van der Waals surface area contributed by atoms with Crippen LogP contribution in [0.25, 0.3) is 0 Å². The lowest BCUT2D eigenvalue weighted by molar-refractivity contribution is -0.153. The van der Waals surface area contributed by atoms with E-state index >= 15 is 4.39 Å². The molecule has 0 spiro atoms. The van der Waals surface area contributed by atoms with Gasteiger partial charge in [0.25, 0.3) is 5.19 Å². The summed E-state index contributed by atoms with van der Waals surface area (Å²) >= 11 is 1.17. The van der Waals surface area contributed by atoms with Gasteiger partial charge in [0, 0.05) is 44.0 Å². The average molecular weight is 533 g/mol. The van der Waals surface area contributed by atoms with E-state index in [0.29, 0.717) is 70.4 Å². The number of hydrogen-bond donors (Lipinski definition) is 1. The second kappa shape index (κ2) is 11.0.